The fraction of sp³-hybridized carbons (Fsp3) is 0.118. The van der Waals surface area contributed by atoms with E-state index in [2.05, 4.69) is 10.3 Å². The van der Waals surface area contributed by atoms with Crippen LogP contribution in [0.15, 0.2) is 47.3 Å². The second-order valence-electron chi connectivity index (χ2n) is 4.91. The van der Waals surface area contributed by atoms with Gasteiger partial charge in [0.25, 0.3) is 0 Å². The van der Waals surface area contributed by atoms with Gasteiger partial charge in [-0.1, -0.05) is 12.1 Å². The van der Waals surface area contributed by atoms with E-state index in [-0.39, 0.29) is 12.5 Å². The number of carbonyl (C=O) groups excluding carboxylic acids is 2. The van der Waals surface area contributed by atoms with Crippen LogP contribution in [-0.2, 0) is 16.1 Å². The molecule has 7 heteroatoms. The second-order valence-corrected chi connectivity index (χ2v) is 6.74. The van der Waals surface area contributed by atoms with Crippen molar-refractivity contribution in [2.45, 2.75) is 13.5 Å². The number of ether oxygens (including phenoxy) is 1. The summed E-state index contributed by atoms with van der Waals surface area (Å²) in [6, 6.07) is 9.27. The topological polar surface area (TPSA) is 68.3 Å². The minimum absolute atomic E-state index is 0.0823. The minimum atomic E-state index is -0.478. The molecule has 3 aromatic heterocycles. The predicted octanol–water partition coefficient (Wildman–Crippen LogP) is 4.19. The van der Waals surface area contributed by atoms with Gasteiger partial charge >= 0.3 is 5.97 Å². The molecule has 0 aliphatic carbocycles. The van der Waals surface area contributed by atoms with Crippen molar-refractivity contribution < 1.29 is 14.3 Å². The van der Waals surface area contributed by atoms with Crippen LogP contribution in [0, 0.1) is 0 Å². The van der Waals surface area contributed by atoms with Crippen molar-refractivity contribution in [2.75, 3.05) is 5.32 Å². The molecule has 0 aromatic carbocycles. The average Bonchev–Trinajstić information content (AvgIpc) is 3.22. The molecule has 0 atom stereocenters. The first-order valence-electron chi connectivity index (χ1n) is 7.15. The van der Waals surface area contributed by atoms with Crippen LogP contribution in [0.4, 0.5) is 5.00 Å². The Balaban J connectivity index is 1.87. The van der Waals surface area contributed by atoms with Gasteiger partial charge < -0.3 is 10.1 Å². The molecular formula is C17H14N2O3S2. The van der Waals surface area contributed by atoms with Crippen molar-refractivity contribution in [3.63, 3.8) is 0 Å². The van der Waals surface area contributed by atoms with Crippen molar-refractivity contribution in [1.29, 1.82) is 0 Å². The first-order valence-corrected chi connectivity index (χ1v) is 8.91. The molecule has 1 amide bonds. The summed E-state index contributed by atoms with van der Waals surface area (Å²) < 4.78 is 5.39. The summed E-state index contributed by atoms with van der Waals surface area (Å²) in [7, 11) is 0. The first kappa shape index (κ1) is 16.4. The molecule has 0 saturated heterocycles. The molecule has 5 nitrogen and oxygen atoms in total. The Kier molecular flexibility index (Phi) is 5.02. The van der Waals surface area contributed by atoms with Crippen molar-refractivity contribution in [1.82, 2.24) is 4.98 Å². The molecule has 0 unspecified atom stereocenters. The molecule has 1 N–H and O–H groups in total. The number of nitrogens with one attached hydrogen (secondary N) is 1. The normalized spacial score (nSPS) is 10.4. The zero-order chi connectivity index (χ0) is 16.9. The molecule has 0 aliphatic heterocycles. The Morgan fingerprint density at radius 2 is 2.08 bits per heavy atom. The van der Waals surface area contributed by atoms with E-state index in [4.69, 9.17) is 4.74 Å². The molecule has 3 aromatic rings. The van der Waals surface area contributed by atoms with Crippen LogP contribution in [0.5, 0.6) is 0 Å². The van der Waals surface area contributed by atoms with Gasteiger partial charge in [0, 0.05) is 28.9 Å². The number of amides is 1. The number of hydrogen-bond donors (Lipinski definition) is 1. The van der Waals surface area contributed by atoms with Crippen molar-refractivity contribution in [3.8, 4) is 10.4 Å². The monoisotopic (exact) mass is 358 g/mol. The standard InChI is InChI=1S/C17H14N2O3S2/c1-11(20)19-16-15(13(10-24-16)14-6-4-8-23-14)17(21)22-9-12-5-2-3-7-18-12/h2-8,10H,9H2,1H3,(H,19,20). The highest BCUT2D eigenvalue weighted by molar-refractivity contribution is 7.17. The second kappa shape index (κ2) is 7.37. The molecule has 0 fully saturated rings. The van der Waals surface area contributed by atoms with E-state index in [0.29, 0.717) is 16.3 Å². The summed E-state index contributed by atoms with van der Waals surface area (Å²) in [5.41, 5.74) is 1.82. The third kappa shape index (κ3) is 3.69. The van der Waals surface area contributed by atoms with Crippen LogP contribution in [0.2, 0.25) is 0 Å². The van der Waals surface area contributed by atoms with Gasteiger partial charge in [0.15, 0.2) is 0 Å². The Morgan fingerprint density at radius 1 is 1.21 bits per heavy atom. The van der Waals surface area contributed by atoms with E-state index in [9.17, 15) is 9.59 Å². The van der Waals surface area contributed by atoms with Crippen LogP contribution >= 0.6 is 22.7 Å². The summed E-state index contributed by atoms with van der Waals surface area (Å²) in [5, 5.41) is 6.99. The molecule has 122 valence electrons. The lowest BCUT2D eigenvalue weighted by molar-refractivity contribution is -0.114. The summed E-state index contributed by atoms with van der Waals surface area (Å²) >= 11 is 2.84. The molecule has 0 spiro atoms. The zero-order valence-corrected chi connectivity index (χ0v) is 14.4. The zero-order valence-electron chi connectivity index (χ0n) is 12.8. The quantitative estimate of drug-likeness (QED) is 0.695. The molecule has 24 heavy (non-hydrogen) atoms. The van der Waals surface area contributed by atoms with Crippen LogP contribution < -0.4 is 5.32 Å². The Bertz CT molecular complexity index is 842. The van der Waals surface area contributed by atoms with Crippen LogP contribution in [0.25, 0.3) is 10.4 Å². The highest BCUT2D eigenvalue weighted by Gasteiger charge is 2.23. The summed E-state index contributed by atoms with van der Waals surface area (Å²) in [4.78, 5) is 29.1. The van der Waals surface area contributed by atoms with E-state index in [1.807, 2.05) is 29.0 Å². The van der Waals surface area contributed by atoms with Crippen molar-refractivity contribution in [3.05, 3.63) is 58.5 Å². The third-order valence-electron chi connectivity index (χ3n) is 3.15. The van der Waals surface area contributed by atoms with Gasteiger partial charge in [-0.05, 0) is 23.6 Å². The molecule has 3 rings (SSSR count). The van der Waals surface area contributed by atoms with Crippen molar-refractivity contribution >= 4 is 39.6 Å². The fourth-order valence-electron chi connectivity index (χ4n) is 2.12. The largest absolute Gasteiger partial charge is 0.455 e. The predicted molar refractivity (Wildman–Crippen MR) is 95.3 cm³/mol. The Labute approximate surface area is 146 Å². The molecule has 0 radical (unpaired) electrons. The lowest BCUT2D eigenvalue weighted by atomic mass is 10.1. The summed E-state index contributed by atoms with van der Waals surface area (Å²) in [6.45, 7) is 1.49. The number of pyridine rings is 1. The van der Waals surface area contributed by atoms with Gasteiger partial charge in [0.1, 0.15) is 17.2 Å². The lowest BCUT2D eigenvalue weighted by Crippen LogP contribution is -2.12. The maximum Gasteiger partial charge on any atom is 0.342 e. The number of aromatic nitrogens is 1. The van der Waals surface area contributed by atoms with E-state index in [0.717, 1.165) is 10.4 Å². The number of nitrogens with zero attached hydrogens (tertiary/aromatic N) is 1. The van der Waals surface area contributed by atoms with Gasteiger partial charge in [0.2, 0.25) is 5.91 Å². The average molecular weight is 358 g/mol. The van der Waals surface area contributed by atoms with E-state index in [1.165, 1.54) is 29.6 Å². The highest BCUT2D eigenvalue weighted by atomic mass is 32.1. The van der Waals surface area contributed by atoms with Gasteiger partial charge in [-0.3, -0.25) is 9.78 Å². The molecule has 0 bridgehead atoms. The fourth-order valence-corrected chi connectivity index (χ4v) is 3.94. The van der Waals surface area contributed by atoms with Crippen LogP contribution in [-0.4, -0.2) is 16.9 Å². The first-order chi connectivity index (χ1) is 11.6. The molecule has 3 heterocycles. The lowest BCUT2D eigenvalue weighted by Gasteiger charge is -2.08. The number of esters is 1. The molecule has 0 aliphatic rings. The number of rotatable bonds is 5. The highest BCUT2D eigenvalue weighted by Crippen LogP contribution is 2.38. The third-order valence-corrected chi connectivity index (χ3v) is 4.95. The number of thiophene rings is 2. The smallest absolute Gasteiger partial charge is 0.342 e. The maximum atomic E-state index is 12.6. The summed E-state index contributed by atoms with van der Waals surface area (Å²) in [5.74, 6) is -0.706. The molecule has 0 saturated carbocycles. The van der Waals surface area contributed by atoms with Crippen LogP contribution in [0.1, 0.15) is 23.0 Å². The Morgan fingerprint density at radius 3 is 2.75 bits per heavy atom. The molecular weight excluding hydrogens is 344 g/mol. The Hall–Kier alpha value is -2.51. The number of carbonyl (C=O) groups is 2. The SMILES string of the molecule is CC(=O)Nc1scc(-c2cccs2)c1C(=O)OCc1ccccn1. The van der Waals surface area contributed by atoms with Gasteiger partial charge in [0.05, 0.1) is 5.69 Å². The van der Waals surface area contributed by atoms with Crippen LogP contribution in [0.3, 0.4) is 0 Å². The van der Waals surface area contributed by atoms with Gasteiger partial charge in [-0.2, -0.15) is 0 Å². The van der Waals surface area contributed by atoms with Crippen molar-refractivity contribution in [2.24, 2.45) is 0 Å². The van der Waals surface area contributed by atoms with Gasteiger partial charge in [-0.15, -0.1) is 22.7 Å². The number of anilines is 1. The van der Waals surface area contributed by atoms with E-state index < -0.39 is 5.97 Å². The van der Waals surface area contributed by atoms with Gasteiger partial charge in [-0.25, -0.2) is 4.79 Å². The summed E-state index contributed by atoms with van der Waals surface area (Å²) in [6.07, 6.45) is 1.65. The maximum absolute atomic E-state index is 12.6. The van der Waals surface area contributed by atoms with E-state index >= 15 is 0 Å². The minimum Gasteiger partial charge on any atom is -0.455 e. The number of hydrogen-bond acceptors (Lipinski definition) is 6. The van der Waals surface area contributed by atoms with E-state index in [1.54, 1.807) is 18.3 Å².